The van der Waals surface area contributed by atoms with Crippen molar-refractivity contribution in [2.24, 2.45) is 5.73 Å². The Morgan fingerprint density at radius 3 is 2.38 bits per heavy atom. The molecule has 0 aromatic rings. The summed E-state index contributed by atoms with van der Waals surface area (Å²) in [4.78, 5) is 2.08. The van der Waals surface area contributed by atoms with Crippen molar-refractivity contribution in [3.05, 3.63) is 0 Å². The number of thiocarbonyl (C=S) groups is 1. The number of nitrogens with zero attached hydrogens (tertiary/aromatic N) is 1. The van der Waals surface area contributed by atoms with Crippen LogP contribution >= 0.6 is 37.0 Å². The van der Waals surface area contributed by atoms with Crippen LogP contribution in [0.15, 0.2) is 0 Å². The fraction of sp³-hybridized carbons (Fsp3) is 0.857. The van der Waals surface area contributed by atoms with Crippen molar-refractivity contribution in [3.63, 3.8) is 0 Å². The molecule has 0 aliphatic heterocycles. The van der Waals surface area contributed by atoms with Gasteiger partial charge in [0, 0.05) is 6.54 Å². The van der Waals surface area contributed by atoms with Gasteiger partial charge in [-0.15, -0.1) is 24.8 Å². The van der Waals surface area contributed by atoms with Crippen LogP contribution in [0.1, 0.15) is 6.92 Å². The number of hydrogen-bond acceptors (Lipinski definition) is 4. The number of ether oxygens (including phenoxy) is 1. The van der Waals surface area contributed by atoms with E-state index in [2.05, 4.69) is 11.8 Å². The van der Waals surface area contributed by atoms with Crippen LogP contribution in [-0.2, 0) is 4.74 Å². The molecule has 0 radical (unpaired) electrons. The van der Waals surface area contributed by atoms with Gasteiger partial charge < -0.3 is 10.5 Å². The van der Waals surface area contributed by atoms with E-state index < -0.39 is 0 Å². The summed E-state index contributed by atoms with van der Waals surface area (Å²) >= 11 is 4.94. The number of hydrogen-bond donors (Lipinski definition) is 1. The molecule has 3 nitrogen and oxygen atoms in total. The van der Waals surface area contributed by atoms with Crippen LogP contribution < -0.4 is 5.73 Å². The minimum atomic E-state index is 0. The van der Waals surface area contributed by atoms with Crippen LogP contribution in [0.3, 0.4) is 0 Å². The monoisotopic (exact) mass is 248 g/mol. The molecule has 0 atom stereocenters. The van der Waals surface area contributed by atoms with Gasteiger partial charge in [0.25, 0.3) is 0 Å². The molecule has 0 amide bonds. The standard InChI is InChI=1S/C7H16N2OS.2ClH/c1-3-9(2)6-7(11)10-5-4-8;;/h3-6,8H2,1-2H3;2*1H. The van der Waals surface area contributed by atoms with Gasteiger partial charge in [-0.2, -0.15) is 0 Å². The third-order valence-corrected chi connectivity index (χ3v) is 1.57. The van der Waals surface area contributed by atoms with Crippen LogP contribution in [0.2, 0.25) is 0 Å². The van der Waals surface area contributed by atoms with Crippen molar-refractivity contribution in [3.8, 4) is 0 Å². The molecule has 13 heavy (non-hydrogen) atoms. The highest BCUT2D eigenvalue weighted by Crippen LogP contribution is 1.87. The molecule has 0 bridgehead atoms. The van der Waals surface area contributed by atoms with E-state index in [1.165, 1.54) is 0 Å². The highest BCUT2D eigenvalue weighted by atomic mass is 35.5. The first-order valence-electron chi connectivity index (χ1n) is 3.75. The summed E-state index contributed by atoms with van der Waals surface area (Å²) in [5.74, 6) is 0. The molecule has 0 unspecified atom stereocenters. The molecule has 0 spiro atoms. The Kier molecular flexibility index (Phi) is 18.1. The average molecular weight is 249 g/mol. The molecular formula is C7H18Cl2N2OS. The van der Waals surface area contributed by atoms with Gasteiger partial charge in [-0.25, -0.2) is 0 Å². The third kappa shape index (κ3) is 12.4. The van der Waals surface area contributed by atoms with Gasteiger partial charge >= 0.3 is 0 Å². The first-order valence-corrected chi connectivity index (χ1v) is 4.15. The molecule has 2 N–H and O–H groups in total. The summed E-state index contributed by atoms with van der Waals surface area (Å²) in [6.07, 6.45) is 0. The van der Waals surface area contributed by atoms with Crippen LogP contribution in [0, 0.1) is 0 Å². The predicted molar refractivity (Wildman–Crippen MR) is 65.3 cm³/mol. The highest BCUT2D eigenvalue weighted by molar-refractivity contribution is 7.80. The highest BCUT2D eigenvalue weighted by Gasteiger charge is 1.99. The van der Waals surface area contributed by atoms with E-state index in [4.69, 9.17) is 22.7 Å². The van der Waals surface area contributed by atoms with Gasteiger partial charge in [0.05, 0.1) is 6.54 Å². The number of halogens is 2. The summed E-state index contributed by atoms with van der Waals surface area (Å²) < 4.78 is 5.13. The fourth-order valence-corrected chi connectivity index (χ4v) is 0.854. The van der Waals surface area contributed by atoms with Crippen molar-refractivity contribution in [1.82, 2.24) is 4.90 Å². The normalized spacial score (nSPS) is 8.62. The van der Waals surface area contributed by atoms with Crippen LogP contribution in [0.25, 0.3) is 0 Å². The maximum Gasteiger partial charge on any atom is 0.173 e. The van der Waals surface area contributed by atoms with Crippen LogP contribution in [0.5, 0.6) is 0 Å². The van der Waals surface area contributed by atoms with Crippen molar-refractivity contribution in [2.75, 3.05) is 33.3 Å². The van der Waals surface area contributed by atoms with Gasteiger partial charge in [0.2, 0.25) is 0 Å². The lowest BCUT2D eigenvalue weighted by atomic mass is 10.5. The van der Waals surface area contributed by atoms with Gasteiger partial charge in [-0.05, 0) is 25.8 Å². The van der Waals surface area contributed by atoms with E-state index in [0.29, 0.717) is 24.7 Å². The van der Waals surface area contributed by atoms with Crippen LogP contribution in [-0.4, -0.2) is 43.2 Å². The zero-order chi connectivity index (χ0) is 8.69. The molecule has 0 heterocycles. The Hall–Kier alpha value is 0.390. The molecule has 0 fully saturated rings. The Bertz CT molecular complexity index is 127. The molecule has 0 saturated heterocycles. The van der Waals surface area contributed by atoms with E-state index in [-0.39, 0.29) is 24.8 Å². The first kappa shape index (κ1) is 19.0. The lowest BCUT2D eigenvalue weighted by Crippen LogP contribution is -2.27. The van der Waals surface area contributed by atoms with Crippen molar-refractivity contribution in [2.45, 2.75) is 6.92 Å². The second-order valence-electron chi connectivity index (χ2n) is 2.34. The Morgan fingerprint density at radius 1 is 1.46 bits per heavy atom. The topological polar surface area (TPSA) is 38.5 Å². The van der Waals surface area contributed by atoms with Crippen LogP contribution in [0.4, 0.5) is 0 Å². The third-order valence-electron chi connectivity index (χ3n) is 1.32. The van der Waals surface area contributed by atoms with Crippen molar-refractivity contribution >= 4 is 42.1 Å². The Balaban J connectivity index is -0.000000500. The minimum absolute atomic E-state index is 0. The quantitative estimate of drug-likeness (QED) is 0.740. The molecule has 6 heteroatoms. The SMILES string of the molecule is CCN(C)CC(=S)OCCN.Cl.Cl. The molecule has 0 aromatic carbocycles. The largest absolute Gasteiger partial charge is 0.484 e. The smallest absolute Gasteiger partial charge is 0.173 e. The van der Waals surface area contributed by atoms with E-state index in [1.807, 2.05) is 7.05 Å². The molecule has 0 rings (SSSR count). The lowest BCUT2D eigenvalue weighted by molar-refractivity contribution is 0.291. The zero-order valence-electron chi connectivity index (χ0n) is 7.99. The summed E-state index contributed by atoms with van der Waals surface area (Å²) in [6, 6.07) is 0. The van der Waals surface area contributed by atoms with Gasteiger partial charge in [-0.3, -0.25) is 4.90 Å². The van der Waals surface area contributed by atoms with E-state index in [0.717, 1.165) is 6.54 Å². The number of nitrogens with two attached hydrogens (primary N) is 1. The molecular weight excluding hydrogens is 231 g/mol. The maximum atomic E-state index is 5.24. The molecule has 0 aliphatic rings. The fourth-order valence-electron chi connectivity index (χ4n) is 0.551. The summed E-state index contributed by atoms with van der Waals surface area (Å²) in [5, 5.41) is 0.625. The second-order valence-corrected chi connectivity index (χ2v) is 2.79. The molecule has 0 aromatic heterocycles. The van der Waals surface area contributed by atoms with Gasteiger partial charge in [-0.1, -0.05) is 6.92 Å². The van der Waals surface area contributed by atoms with Gasteiger partial charge in [0.15, 0.2) is 5.05 Å². The summed E-state index contributed by atoms with van der Waals surface area (Å²) in [5.41, 5.74) is 5.24. The number of rotatable bonds is 5. The first-order chi connectivity index (χ1) is 5.20. The zero-order valence-corrected chi connectivity index (χ0v) is 10.4. The van der Waals surface area contributed by atoms with E-state index in [1.54, 1.807) is 0 Å². The van der Waals surface area contributed by atoms with Crippen molar-refractivity contribution < 1.29 is 4.74 Å². The maximum absolute atomic E-state index is 5.24. The Labute approximate surface area is 97.8 Å². The average Bonchev–Trinajstić information content (AvgIpc) is 2.00. The van der Waals surface area contributed by atoms with E-state index in [9.17, 15) is 0 Å². The summed E-state index contributed by atoms with van der Waals surface area (Å²) in [6.45, 7) is 4.82. The summed E-state index contributed by atoms with van der Waals surface area (Å²) in [7, 11) is 2.00. The lowest BCUT2D eigenvalue weighted by Gasteiger charge is -2.14. The Morgan fingerprint density at radius 2 is 2.00 bits per heavy atom. The number of likely N-dealkylation sites (N-methyl/N-ethyl adjacent to an activating group) is 1. The van der Waals surface area contributed by atoms with Gasteiger partial charge in [0.1, 0.15) is 6.61 Å². The predicted octanol–water partition coefficient (Wildman–Crippen LogP) is 1.08. The molecule has 82 valence electrons. The second kappa shape index (κ2) is 12.4. The molecule has 0 saturated carbocycles. The van der Waals surface area contributed by atoms with Crippen molar-refractivity contribution in [1.29, 1.82) is 0 Å². The minimum Gasteiger partial charge on any atom is -0.484 e. The van der Waals surface area contributed by atoms with E-state index >= 15 is 0 Å². The molecule has 0 aliphatic carbocycles.